The molecule has 1 aromatic carbocycles. The van der Waals surface area contributed by atoms with Gasteiger partial charge in [-0.05, 0) is 36.2 Å². The zero-order valence-electron chi connectivity index (χ0n) is 17.1. The molecule has 0 aliphatic carbocycles. The van der Waals surface area contributed by atoms with Crippen molar-refractivity contribution in [1.29, 1.82) is 0 Å². The highest BCUT2D eigenvalue weighted by Gasteiger charge is 2.22. The molecule has 7 nitrogen and oxygen atoms in total. The van der Waals surface area contributed by atoms with E-state index in [1.807, 2.05) is 18.2 Å². The van der Waals surface area contributed by atoms with Crippen LogP contribution in [0.3, 0.4) is 0 Å². The average Bonchev–Trinajstić information content (AvgIpc) is 2.80. The Balaban J connectivity index is 1.38. The van der Waals surface area contributed by atoms with Crippen LogP contribution < -0.4 is 10.2 Å². The Kier molecular flexibility index (Phi) is 6.29. The number of nitrogens with one attached hydrogen (secondary N) is 1. The fourth-order valence-electron chi connectivity index (χ4n) is 3.64. The minimum Gasteiger partial charge on any atom is -0.344 e. The van der Waals surface area contributed by atoms with Gasteiger partial charge in [0.2, 0.25) is 11.9 Å². The fourth-order valence-corrected chi connectivity index (χ4v) is 3.64. The van der Waals surface area contributed by atoms with Crippen LogP contribution in [0, 0.1) is 6.92 Å². The van der Waals surface area contributed by atoms with Gasteiger partial charge in [0, 0.05) is 51.0 Å². The molecule has 0 bridgehead atoms. The summed E-state index contributed by atoms with van der Waals surface area (Å²) in [6, 6.07) is 13.8. The second-order valence-corrected chi connectivity index (χ2v) is 7.50. The smallest absolute Gasteiger partial charge is 0.234 e. The maximum absolute atomic E-state index is 12.9. The molecule has 2 aromatic heterocycles. The third-order valence-corrected chi connectivity index (χ3v) is 5.33. The number of pyridine rings is 1. The lowest BCUT2D eigenvalue weighted by atomic mass is 9.98. The molecule has 0 spiro atoms. The van der Waals surface area contributed by atoms with Gasteiger partial charge in [-0.15, -0.1) is 0 Å². The van der Waals surface area contributed by atoms with Crippen molar-refractivity contribution in [3.8, 4) is 0 Å². The molecule has 1 amide bonds. The molecule has 1 N–H and O–H groups in total. The predicted molar refractivity (Wildman–Crippen MR) is 116 cm³/mol. The third-order valence-electron chi connectivity index (χ3n) is 5.33. The van der Waals surface area contributed by atoms with Crippen LogP contribution in [0.1, 0.15) is 22.7 Å². The van der Waals surface area contributed by atoms with Gasteiger partial charge in [0.15, 0.2) is 0 Å². The number of hydrogen-bond acceptors (Lipinski definition) is 6. The monoisotopic (exact) mass is 402 g/mol. The topological polar surface area (TPSA) is 74.2 Å². The van der Waals surface area contributed by atoms with Crippen LogP contribution in [-0.4, -0.2) is 58.5 Å². The quantitative estimate of drug-likeness (QED) is 0.681. The van der Waals surface area contributed by atoms with Crippen LogP contribution in [0.25, 0.3) is 0 Å². The molecule has 0 saturated carbocycles. The lowest BCUT2D eigenvalue weighted by Crippen LogP contribution is -2.50. The van der Waals surface area contributed by atoms with Crippen LogP contribution >= 0.6 is 0 Å². The van der Waals surface area contributed by atoms with Gasteiger partial charge in [-0.3, -0.25) is 14.7 Å². The average molecular weight is 403 g/mol. The standard InChI is InChI=1S/C23H26N6O/c1-18-3-5-19(6-4-18)22(20-7-11-24-12-8-20)27-21(30)17-28-13-15-29(16-14-28)23-25-9-2-10-26-23/h2-12,22H,13-17H2,1H3,(H,27,30)/t22-/m0/s1. The Morgan fingerprint density at radius 1 is 0.933 bits per heavy atom. The molecule has 0 radical (unpaired) electrons. The third kappa shape index (κ3) is 4.99. The number of aromatic nitrogens is 3. The van der Waals surface area contributed by atoms with E-state index < -0.39 is 0 Å². The molecular weight excluding hydrogens is 376 g/mol. The number of hydrogen-bond donors (Lipinski definition) is 1. The molecule has 30 heavy (non-hydrogen) atoms. The predicted octanol–water partition coefficient (Wildman–Crippen LogP) is 2.21. The van der Waals surface area contributed by atoms with E-state index in [1.165, 1.54) is 5.56 Å². The molecule has 3 heterocycles. The number of nitrogens with zero attached hydrogens (tertiary/aromatic N) is 5. The summed E-state index contributed by atoms with van der Waals surface area (Å²) in [7, 11) is 0. The molecule has 7 heteroatoms. The summed E-state index contributed by atoms with van der Waals surface area (Å²) in [4.78, 5) is 29.9. The largest absolute Gasteiger partial charge is 0.344 e. The first-order valence-corrected chi connectivity index (χ1v) is 10.2. The second kappa shape index (κ2) is 9.45. The molecule has 154 valence electrons. The molecule has 1 aliphatic rings. The fraction of sp³-hybridized carbons (Fsp3) is 0.304. The molecule has 1 saturated heterocycles. The molecule has 4 rings (SSSR count). The van der Waals surface area contributed by atoms with Gasteiger partial charge in [-0.1, -0.05) is 29.8 Å². The summed E-state index contributed by atoms with van der Waals surface area (Å²) in [6.07, 6.45) is 7.03. The van der Waals surface area contributed by atoms with Gasteiger partial charge in [0.1, 0.15) is 0 Å². The van der Waals surface area contributed by atoms with Crippen molar-refractivity contribution in [2.75, 3.05) is 37.6 Å². The zero-order chi connectivity index (χ0) is 20.8. The van der Waals surface area contributed by atoms with Crippen molar-refractivity contribution >= 4 is 11.9 Å². The van der Waals surface area contributed by atoms with Crippen LogP contribution in [-0.2, 0) is 4.79 Å². The number of benzene rings is 1. The second-order valence-electron chi connectivity index (χ2n) is 7.50. The SMILES string of the molecule is Cc1ccc([C@H](NC(=O)CN2CCN(c3ncccn3)CC2)c2ccncc2)cc1. The molecule has 1 aliphatic heterocycles. The summed E-state index contributed by atoms with van der Waals surface area (Å²) in [5.74, 6) is 0.764. The Hall–Kier alpha value is -3.32. The summed E-state index contributed by atoms with van der Waals surface area (Å²) >= 11 is 0. The molecule has 1 atom stereocenters. The first kappa shape index (κ1) is 20.0. The van der Waals surface area contributed by atoms with Crippen molar-refractivity contribution in [3.05, 3.63) is 83.9 Å². The highest BCUT2D eigenvalue weighted by atomic mass is 16.2. The van der Waals surface area contributed by atoms with Crippen LogP contribution in [0.5, 0.6) is 0 Å². The number of carbonyl (C=O) groups is 1. The lowest BCUT2D eigenvalue weighted by molar-refractivity contribution is -0.122. The maximum Gasteiger partial charge on any atom is 0.234 e. The summed E-state index contributed by atoms with van der Waals surface area (Å²) in [6.45, 7) is 5.65. The normalized spacial score (nSPS) is 15.6. The van der Waals surface area contributed by atoms with E-state index in [0.717, 1.165) is 43.3 Å². The van der Waals surface area contributed by atoms with Crippen LogP contribution in [0.2, 0.25) is 0 Å². The number of piperazine rings is 1. The number of rotatable bonds is 6. The van der Waals surface area contributed by atoms with Gasteiger partial charge >= 0.3 is 0 Å². The number of anilines is 1. The van der Waals surface area contributed by atoms with E-state index in [2.05, 4.69) is 61.3 Å². The van der Waals surface area contributed by atoms with Crippen molar-refractivity contribution in [2.45, 2.75) is 13.0 Å². The Morgan fingerprint density at radius 2 is 1.57 bits per heavy atom. The van der Waals surface area contributed by atoms with E-state index in [9.17, 15) is 4.79 Å². The summed E-state index contributed by atoms with van der Waals surface area (Å²) in [5, 5.41) is 3.21. The van der Waals surface area contributed by atoms with Crippen molar-refractivity contribution < 1.29 is 4.79 Å². The van der Waals surface area contributed by atoms with Crippen LogP contribution in [0.15, 0.2) is 67.3 Å². The van der Waals surface area contributed by atoms with E-state index in [0.29, 0.717) is 6.54 Å². The van der Waals surface area contributed by atoms with Gasteiger partial charge < -0.3 is 10.2 Å². The number of carbonyl (C=O) groups excluding carboxylic acids is 1. The van der Waals surface area contributed by atoms with Gasteiger partial charge in [0.05, 0.1) is 12.6 Å². The highest BCUT2D eigenvalue weighted by molar-refractivity contribution is 5.79. The minimum atomic E-state index is -0.194. The van der Waals surface area contributed by atoms with Crippen molar-refractivity contribution in [3.63, 3.8) is 0 Å². The Morgan fingerprint density at radius 3 is 2.23 bits per heavy atom. The number of aryl methyl sites for hydroxylation is 1. The van der Waals surface area contributed by atoms with Crippen molar-refractivity contribution in [2.24, 2.45) is 0 Å². The summed E-state index contributed by atoms with van der Waals surface area (Å²) < 4.78 is 0. The Labute approximate surface area is 176 Å². The van der Waals surface area contributed by atoms with E-state index >= 15 is 0 Å². The molecule has 3 aromatic rings. The first-order chi connectivity index (χ1) is 14.7. The minimum absolute atomic E-state index is 0.0156. The van der Waals surface area contributed by atoms with Crippen LogP contribution in [0.4, 0.5) is 5.95 Å². The molecular formula is C23H26N6O. The zero-order valence-corrected chi connectivity index (χ0v) is 17.1. The lowest BCUT2D eigenvalue weighted by Gasteiger charge is -2.34. The maximum atomic E-state index is 12.9. The first-order valence-electron chi connectivity index (χ1n) is 10.2. The van der Waals surface area contributed by atoms with Gasteiger partial charge in [0.25, 0.3) is 0 Å². The van der Waals surface area contributed by atoms with Crippen molar-refractivity contribution in [1.82, 2.24) is 25.2 Å². The molecule has 1 fully saturated rings. The van der Waals surface area contributed by atoms with Gasteiger partial charge in [-0.2, -0.15) is 0 Å². The highest BCUT2D eigenvalue weighted by Crippen LogP contribution is 2.22. The van der Waals surface area contributed by atoms with Gasteiger partial charge in [-0.25, -0.2) is 9.97 Å². The van der Waals surface area contributed by atoms with E-state index in [1.54, 1.807) is 24.8 Å². The van der Waals surface area contributed by atoms with E-state index in [4.69, 9.17) is 0 Å². The molecule has 0 unspecified atom stereocenters. The van der Waals surface area contributed by atoms with E-state index in [-0.39, 0.29) is 11.9 Å². The Bertz CT molecular complexity index is 940. The summed E-state index contributed by atoms with van der Waals surface area (Å²) in [5.41, 5.74) is 3.28. The number of amides is 1.